The number of hydrogen-bond acceptors (Lipinski definition) is 4. The van der Waals surface area contributed by atoms with Gasteiger partial charge < -0.3 is 5.11 Å². The number of rotatable bonds is 2. The second-order valence-electron chi connectivity index (χ2n) is 5.07. The number of aromatic carboxylic acids is 1. The summed E-state index contributed by atoms with van der Waals surface area (Å²) in [4.78, 5) is 37.2. The van der Waals surface area contributed by atoms with Gasteiger partial charge in [0.25, 0.3) is 0 Å². The van der Waals surface area contributed by atoms with Gasteiger partial charge in [-0.15, -0.1) is 11.3 Å². The summed E-state index contributed by atoms with van der Waals surface area (Å²) in [6.45, 7) is 1.67. The first-order valence-corrected chi connectivity index (χ1v) is 7.19. The number of aryl methyl sites for hydroxylation is 1. The van der Waals surface area contributed by atoms with Gasteiger partial charge in [0.05, 0.1) is 11.8 Å². The molecule has 2 amide bonds. The van der Waals surface area contributed by atoms with Gasteiger partial charge in [0.15, 0.2) is 0 Å². The van der Waals surface area contributed by atoms with Crippen molar-refractivity contribution in [1.29, 1.82) is 0 Å². The zero-order valence-electron chi connectivity index (χ0n) is 10.8. The van der Waals surface area contributed by atoms with E-state index in [2.05, 4.69) is 0 Å². The predicted molar refractivity (Wildman–Crippen MR) is 73.9 cm³/mol. The standard InChI is InChI=1S/C14H13NO4S/c1-7-6-10(20-11(7)14(18)19)15-12(16)8-4-2-3-5-9(8)13(15)17/h2-3,6,8-9H,4-5H2,1H3,(H,18,19)/t8-,9+. The first kappa shape index (κ1) is 13.1. The Balaban J connectivity index is 1.99. The number of carboxylic acids is 1. The van der Waals surface area contributed by atoms with E-state index in [1.165, 1.54) is 4.90 Å². The van der Waals surface area contributed by atoms with Crippen LogP contribution in [0.25, 0.3) is 0 Å². The third-order valence-corrected chi connectivity index (χ3v) is 5.04. The SMILES string of the molecule is Cc1cc(N2C(=O)[C@H]3CC=CC[C@H]3C2=O)sc1C(=O)O. The molecule has 1 aromatic heterocycles. The second kappa shape index (κ2) is 4.56. The van der Waals surface area contributed by atoms with Gasteiger partial charge in [0.1, 0.15) is 9.88 Å². The number of thiophene rings is 1. The third-order valence-electron chi connectivity index (χ3n) is 3.83. The first-order chi connectivity index (χ1) is 9.50. The molecule has 0 bridgehead atoms. The van der Waals surface area contributed by atoms with E-state index in [0.717, 1.165) is 11.3 Å². The molecule has 2 heterocycles. The number of anilines is 1. The fourth-order valence-corrected chi connectivity index (χ4v) is 3.83. The number of amides is 2. The molecule has 0 radical (unpaired) electrons. The summed E-state index contributed by atoms with van der Waals surface area (Å²) in [5, 5.41) is 9.49. The van der Waals surface area contributed by atoms with Crippen molar-refractivity contribution in [2.75, 3.05) is 4.90 Å². The van der Waals surface area contributed by atoms with Crippen LogP contribution in [0.5, 0.6) is 0 Å². The van der Waals surface area contributed by atoms with Crippen molar-refractivity contribution in [3.05, 3.63) is 28.7 Å². The van der Waals surface area contributed by atoms with Crippen LogP contribution in [-0.2, 0) is 9.59 Å². The molecule has 104 valence electrons. The molecule has 6 heteroatoms. The van der Waals surface area contributed by atoms with E-state index >= 15 is 0 Å². The lowest BCUT2D eigenvalue weighted by Crippen LogP contribution is -2.30. The van der Waals surface area contributed by atoms with Gasteiger partial charge >= 0.3 is 5.97 Å². The van der Waals surface area contributed by atoms with Crippen LogP contribution in [0.4, 0.5) is 5.00 Å². The molecule has 3 rings (SSSR count). The van der Waals surface area contributed by atoms with E-state index < -0.39 is 5.97 Å². The minimum Gasteiger partial charge on any atom is -0.477 e. The maximum absolute atomic E-state index is 12.4. The maximum atomic E-state index is 12.4. The lowest BCUT2D eigenvalue weighted by Gasteiger charge is -2.14. The minimum atomic E-state index is -1.03. The molecule has 20 heavy (non-hydrogen) atoms. The lowest BCUT2D eigenvalue weighted by molar-refractivity contribution is -0.122. The van der Waals surface area contributed by atoms with Gasteiger partial charge in [-0.05, 0) is 31.4 Å². The Labute approximate surface area is 119 Å². The molecule has 5 nitrogen and oxygen atoms in total. The molecular weight excluding hydrogens is 278 g/mol. The maximum Gasteiger partial charge on any atom is 0.346 e. The number of hydrogen-bond donors (Lipinski definition) is 1. The van der Waals surface area contributed by atoms with Gasteiger partial charge in [-0.1, -0.05) is 12.2 Å². The fraction of sp³-hybridized carbons (Fsp3) is 0.357. The van der Waals surface area contributed by atoms with E-state index in [4.69, 9.17) is 5.11 Å². The van der Waals surface area contributed by atoms with E-state index in [1.54, 1.807) is 13.0 Å². The van der Waals surface area contributed by atoms with Gasteiger partial charge in [-0.2, -0.15) is 0 Å². The van der Waals surface area contributed by atoms with Crippen molar-refractivity contribution in [2.45, 2.75) is 19.8 Å². The summed E-state index contributed by atoms with van der Waals surface area (Å²) in [7, 11) is 0. The Kier molecular flexibility index (Phi) is 2.97. The average molecular weight is 291 g/mol. The monoisotopic (exact) mass is 291 g/mol. The molecule has 0 unspecified atom stereocenters. The largest absolute Gasteiger partial charge is 0.477 e. The van der Waals surface area contributed by atoms with Crippen LogP contribution in [0.15, 0.2) is 18.2 Å². The number of imide groups is 1. The van der Waals surface area contributed by atoms with Crippen molar-refractivity contribution in [3.8, 4) is 0 Å². The second-order valence-corrected chi connectivity index (χ2v) is 6.10. The highest BCUT2D eigenvalue weighted by Gasteiger charge is 2.48. The highest BCUT2D eigenvalue weighted by atomic mass is 32.1. The normalized spacial score (nSPS) is 25.1. The number of allylic oxidation sites excluding steroid dienone is 2. The van der Waals surface area contributed by atoms with Crippen molar-refractivity contribution in [2.24, 2.45) is 11.8 Å². The number of nitrogens with zero attached hydrogens (tertiary/aromatic N) is 1. The molecule has 2 atom stereocenters. The topological polar surface area (TPSA) is 74.7 Å². The molecule has 2 aliphatic rings. The molecule has 1 aliphatic carbocycles. The van der Waals surface area contributed by atoms with E-state index in [1.807, 2.05) is 12.2 Å². The van der Waals surface area contributed by atoms with Crippen LogP contribution in [0.1, 0.15) is 28.1 Å². The van der Waals surface area contributed by atoms with Crippen LogP contribution < -0.4 is 4.90 Å². The number of fused-ring (bicyclic) bond motifs is 1. The Hall–Kier alpha value is -1.95. The highest BCUT2D eigenvalue weighted by Crippen LogP contribution is 2.40. The van der Waals surface area contributed by atoms with Crippen LogP contribution >= 0.6 is 11.3 Å². The van der Waals surface area contributed by atoms with Crippen molar-refractivity contribution >= 4 is 34.1 Å². The smallest absolute Gasteiger partial charge is 0.346 e. The van der Waals surface area contributed by atoms with Crippen LogP contribution in [0.2, 0.25) is 0 Å². The zero-order chi connectivity index (χ0) is 14.4. The molecule has 1 N–H and O–H groups in total. The number of carboxylic acid groups (broad SMARTS) is 1. The molecule has 0 aromatic carbocycles. The van der Waals surface area contributed by atoms with E-state index in [0.29, 0.717) is 23.4 Å². The molecular formula is C14H13NO4S. The van der Waals surface area contributed by atoms with Crippen LogP contribution in [0, 0.1) is 18.8 Å². The molecule has 0 spiro atoms. The Morgan fingerprint density at radius 1 is 1.25 bits per heavy atom. The van der Waals surface area contributed by atoms with E-state index in [9.17, 15) is 14.4 Å². The van der Waals surface area contributed by atoms with Gasteiger partial charge in [0, 0.05) is 0 Å². The summed E-state index contributed by atoms with van der Waals surface area (Å²) < 4.78 is 0. The highest BCUT2D eigenvalue weighted by molar-refractivity contribution is 7.18. The average Bonchev–Trinajstić information content (AvgIpc) is 2.90. The summed E-state index contributed by atoms with van der Waals surface area (Å²) in [5.41, 5.74) is 0.575. The summed E-state index contributed by atoms with van der Waals surface area (Å²) in [6.07, 6.45) is 5.03. The van der Waals surface area contributed by atoms with Crippen molar-refractivity contribution in [1.82, 2.24) is 0 Å². The Morgan fingerprint density at radius 2 is 1.80 bits per heavy atom. The molecule has 1 aromatic rings. The summed E-state index contributed by atoms with van der Waals surface area (Å²) in [6, 6.07) is 1.61. The quantitative estimate of drug-likeness (QED) is 0.669. The number of carbonyl (C=O) groups excluding carboxylic acids is 2. The van der Waals surface area contributed by atoms with Crippen molar-refractivity contribution in [3.63, 3.8) is 0 Å². The van der Waals surface area contributed by atoms with Gasteiger partial charge in [-0.25, -0.2) is 9.69 Å². The van der Waals surface area contributed by atoms with Crippen LogP contribution in [0.3, 0.4) is 0 Å². The molecule has 0 saturated carbocycles. The molecule has 1 aliphatic heterocycles. The Morgan fingerprint density at radius 3 is 2.25 bits per heavy atom. The van der Waals surface area contributed by atoms with Crippen LogP contribution in [-0.4, -0.2) is 22.9 Å². The lowest BCUT2D eigenvalue weighted by atomic mass is 9.85. The molecule has 1 fully saturated rings. The van der Waals surface area contributed by atoms with Crippen molar-refractivity contribution < 1.29 is 19.5 Å². The van der Waals surface area contributed by atoms with Gasteiger partial charge in [-0.3, -0.25) is 9.59 Å². The third kappa shape index (κ3) is 1.79. The number of carbonyl (C=O) groups is 3. The summed E-state index contributed by atoms with van der Waals surface area (Å²) >= 11 is 0.982. The van der Waals surface area contributed by atoms with E-state index in [-0.39, 0.29) is 28.5 Å². The Bertz CT molecular complexity index is 620. The zero-order valence-corrected chi connectivity index (χ0v) is 11.6. The fourth-order valence-electron chi connectivity index (χ4n) is 2.81. The first-order valence-electron chi connectivity index (χ1n) is 6.37. The molecule has 1 saturated heterocycles. The summed E-state index contributed by atoms with van der Waals surface area (Å²) in [5.74, 6) is -2.02. The predicted octanol–water partition coefficient (Wildman–Crippen LogP) is 2.21. The van der Waals surface area contributed by atoms with Gasteiger partial charge in [0.2, 0.25) is 11.8 Å². The minimum absolute atomic E-state index is 0.175.